The van der Waals surface area contributed by atoms with Gasteiger partial charge in [0.15, 0.2) is 0 Å². The van der Waals surface area contributed by atoms with Gasteiger partial charge in [0.1, 0.15) is 18.1 Å². The maximum Gasteiger partial charge on any atom is 0.134 e. The lowest BCUT2D eigenvalue weighted by molar-refractivity contribution is 0.305. The molecule has 0 fully saturated rings. The van der Waals surface area contributed by atoms with Gasteiger partial charge in [0.2, 0.25) is 0 Å². The monoisotopic (exact) mass is 447 g/mol. The van der Waals surface area contributed by atoms with Gasteiger partial charge in [-0.1, -0.05) is 89.0 Å². The molecule has 0 spiro atoms. The Hall–Kier alpha value is -2.55. The Morgan fingerprint density at radius 3 is 2.06 bits per heavy atom. The van der Waals surface area contributed by atoms with Gasteiger partial charge in [0.05, 0.1) is 12.6 Å². The summed E-state index contributed by atoms with van der Waals surface area (Å²) < 4.78 is 11.7. The van der Waals surface area contributed by atoms with Crippen LogP contribution in [0.5, 0.6) is 11.5 Å². The lowest BCUT2D eigenvalue weighted by atomic mass is 10.0. The van der Waals surface area contributed by atoms with Crippen molar-refractivity contribution in [1.82, 2.24) is 4.98 Å². The summed E-state index contributed by atoms with van der Waals surface area (Å²) in [6.45, 7) is 4.95. The molecule has 3 heteroatoms. The molecule has 1 heterocycles. The summed E-state index contributed by atoms with van der Waals surface area (Å²) in [5.41, 5.74) is 4.50. The van der Waals surface area contributed by atoms with Gasteiger partial charge >= 0.3 is 0 Å². The molecule has 0 atom stereocenters. The average Bonchev–Trinajstić information content (AvgIpc) is 2.84. The summed E-state index contributed by atoms with van der Waals surface area (Å²) in [5, 5.41) is 1.11. The number of methoxy groups -OCH3 is 1. The van der Waals surface area contributed by atoms with Crippen LogP contribution in [-0.4, -0.2) is 12.1 Å². The second kappa shape index (κ2) is 13.9. The molecule has 3 rings (SSSR count). The van der Waals surface area contributed by atoms with E-state index in [9.17, 15) is 0 Å². The summed E-state index contributed by atoms with van der Waals surface area (Å²) in [6, 6.07) is 16.4. The Labute approximate surface area is 200 Å². The summed E-state index contributed by atoms with van der Waals surface area (Å²) in [4.78, 5) is 4.88. The average molecular weight is 448 g/mol. The van der Waals surface area contributed by atoms with Gasteiger partial charge in [-0.25, -0.2) is 0 Å². The van der Waals surface area contributed by atoms with Crippen LogP contribution in [0.1, 0.15) is 88.0 Å². The minimum atomic E-state index is 0.544. The topological polar surface area (TPSA) is 31.4 Å². The Balaban J connectivity index is 1.59. The number of nitrogens with zero attached hydrogens (tertiary/aromatic N) is 1. The highest BCUT2D eigenvalue weighted by Crippen LogP contribution is 2.33. The largest absolute Gasteiger partial charge is 0.497 e. The highest BCUT2D eigenvalue weighted by Gasteiger charge is 2.14. The van der Waals surface area contributed by atoms with E-state index in [4.69, 9.17) is 14.5 Å². The molecule has 0 bridgehead atoms. The van der Waals surface area contributed by atoms with Crippen LogP contribution in [0.3, 0.4) is 0 Å². The predicted molar refractivity (Wildman–Crippen MR) is 139 cm³/mol. The number of hydrogen-bond acceptors (Lipinski definition) is 3. The number of unbranched alkanes of at least 4 members (excludes halogenated alkanes) is 9. The van der Waals surface area contributed by atoms with Gasteiger partial charge in [0, 0.05) is 16.6 Å². The standard InChI is InChI=1S/C30H41NO2/c1-4-5-6-7-8-9-10-11-12-13-16-27-24(2)31-29-18-15-14-17-28(29)30(27)33-23-25-19-21-26(32-3)22-20-25/h14-15,17-22H,4-13,16,23H2,1-3H3. The summed E-state index contributed by atoms with van der Waals surface area (Å²) in [7, 11) is 1.69. The first-order valence-corrected chi connectivity index (χ1v) is 12.9. The summed E-state index contributed by atoms with van der Waals surface area (Å²) in [6.07, 6.45) is 14.5. The number of benzene rings is 2. The molecule has 0 saturated carbocycles. The van der Waals surface area contributed by atoms with Crippen LogP contribution < -0.4 is 9.47 Å². The van der Waals surface area contributed by atoms with Crippen LogP contribution in [0.2, 0.25) is 0 Å². The number of hydrogen-bond donors (Lipinski definition) is 0. The molecule has 2 aromatic carbocycles. The fourth-order valence-corrected chi connectivity index (χ4v) is 4.46. The Kier molecular flexibility index (Phi) is 10.5. The molecule has 0 saturated heterocycles. The van der Waals surface area contributed by atoms with Crippen molar-refractivity contribution in [3.05, 3.63) is 65.4 Å². The highest BCUT2D eigenvalue weighted by molar-refractivity contribution is 5.86. The van der Waals surface area contributed by atoms with E-state index >= 15 is 0 Å². The third kappa shape index (κ3) is 7.77. The van der Waals surface area contributed by atoms with Crippen molar-refractivity contribution in [1.29, 1.82) is 0 Å². The van der Waals surface area contributed by atoms with Crippen LogP contribution in [0.15, 0.2) is 48.5 Å². The van der Waals surface area contributed by atoms with Gasteiger partial charge in [-0.3, -0.25) is 4.98 Å². The molecular weight excluding hydrogens is 406 g/mol. The molecule has 33 heavy (non-hydrogen) atoms. The third-order valence-electron chi connectivity index (χ3n) is 6.47. The first-order chi connectivity index (χ1) is 16.2. The summed E-state index contributed by atoms with van der Waals surface area (Å²) in [5.74, 6) is 1.87. The maximum atomic E-state index is 6.45. The molecule has 0 aliphatic carbocycles. The van der Waals surface area contributed by atoms with E-state index in [0.29, 0.717) is 6.61 Å². The van der Waals surface area contributed by atoms with Crippen molar-refractivity contribution in [3.63, 3.8) is 0 Å². The van der Waals surface area contributed by atoms with Crippen LogP contribution in [0.4, 0.5) is 0 Å². The number of ether oxygens (including phenoxy) is 2. The van der Waals surface area contributed by atoms with Crippen molar-refractivity contribution in [3.8, 4) is 11.5 Å². The van der Waals surface area contributed by atoms with E-state index < -0.39 is 0 Å². The third-order valence-corrected chi connectivity index (χ3v) is 6.47. The first-order valence-electron chi connectivity index (χ1n) is 12.9. The molecule has 178 valence electrons. The Morgan fingerprint density at radius 2 is 1.39 bits per heavy atom. The van der Waals surface area contributed by atoms with E-state index in [2.05, 4.69) is 44.2 Å². The molecule has 0 aliphatic heterocycles. The van der Waals surface area contributed by atoms with E-state index in [1.165, 1.54) is 69.8 Å². The second-order valence-electron chi connectivity index (χ2n) is 9.09. The number of aryl methyl sites for hydroxylation is 1. The molecule has 0 unspecified atom stereocenters. The molecule has 0 aliphatic rings. The fourth-order valence-electron chi connectivity index (χ4n) is 4.46. The molecule has 3 nitrogen and oxygen atoms in total. The van der Waals surface area contributed by atoms with Crippen molar-refractivity contribution in [2.24, 2.45) is 0 Å². The first kappa shape index (κ1) is 25.1. The zero-order chi connectivity index (χ0) is 23.3. The number of aromatic nitrogens is 1. The van der Waals surface area contributed by atoms with Crippen LogP contribution in [0, 0.1) is 6.92 Å². The van der Waals surface area contributed by atoms with E-state index in [-0.39, 0.29) is 0 Å². The molecule has 3 aromatic rings. The molecule has 0 amide bonds. The van der Waals surface area contributed by atoms with Crippen molar-refractivity contribution in [2.75, 3.05) is 7.11 Å². The predicted octanol–water partition coefficient (Wildman–Crippen LogP) is 8.59. The van der Waals surface area contributed by atoms with Crippen LogP contribution in [-0.2, 0) is 13.0 Å². The van der Waals surface area contributed by atoms with Crippen LogP contribution >= 0.6 is 0 Å². The van der Waals surface area contributed by atoms with Crippen molar-refractivity contribution < 1.29 is 9.47 Å². The normalized spacial score (nSPS) is 11.1. The molecular formula is C30H41NO2. The van der Waals surface area contributed by atoms with Gasteiger partial charge in [-0.15, -0.1) is 0 Å². The van der Waals surface area contributed by atoms with Crippen molar-refractivity contribution in [2.45, 2.75) is 91.1 Å². The second-order valence-corrected chi connectivity index (χ2v) is 9.09. The van der Waals surface area contributed by atoms with Gasteiger partial charge in [-0.05, 0) is 49.6 Å². The van der Waals surface area contributed by atoms with Gasteiger partial charge in [0.25, 0.3) is 0 Å². The fraction of sp³-hybridized carbons (Fsp3) is 0.500. The molecule has 1 aromatic heterocycles. The van der Waals surface area contributed by atoms with E-state index in [1.807, 2.05) is 18.2 Å². The van der Waals surface area contributed by atoms with Crippen LogP contribution in [0.25, 0.3) is 10.9 Å². The number of fused-ring (bicyclic) bond motifs is 1. The SMILES string of the molecule is CCCCCCCCCCCCc1c(C)nc2ccccc2c1OCc1ccc(OC)cc1. The van der Waals surface area contributed by atoms with Crippen molar-refractivity contribution >= 4 is 10.9 Å². The van der Waals surface area contributed by atoms with E-state index in [1.54, 1.807) is 7.11 Å². The summed E-state index contributed by atoms with van der Waals surface area (Å²) >= 11 is 0. The van der Waals surface area contributed by atoms with Gasteiger partial charge < -0.3 is 9.47 Å². The molecule has 0 N–H and O–H groups in total. The highest BCUT2D eigenvalue weighted by atomic mass is 16.5. The number of rotatable bonds is 15. The molecule has 0 radical (unpaired) electrons. The smallest absolute Gasteiger partial charge is 0.134 e. The minimum Gasteiger partial charge on any atom is -0.497 e. The number of pyridine rings is 1. The van der Waals surface area contributed by atoms with Gasteiger partial charge in [-0.2, -0.15) is 0 Å². The Morgan fingerprint density at radius 1 is 0.758 bits per heavy atom. The maximum absolute atomic E-state index is 6.45. The Bertz CT molecular complexity index is 965. The number of para-hydroxylation sites is 1. The lowest BCUT2D eigenvalue weighted by Gasteiger charge is -2.17. The zero-order valence-corrected chi connectivity index (χ0v) is 20.9. The minimum absolute atomic E-state index is 0.544. The zero-order valence-electron chi connectivity index (χ0n) is 20.9. The van der Waals surface area contributed by atoms with E-state index in [0.717, 1.165) is 40.1 Å². The lowest BCUT2D eigenvalue weighted by Crippen LogP contribution is -2.04. The quantitative estimate of drug-likeness (QED) is 0.219.